The summed E-state index contributed by atoms with van der Waals surface area (Å²) in [7, 11) is 3.24. The topological polar surface area (TPSA) is 90.3 Å². The molecule has 9 heteroatoms. The molecule has 0 saturated heterocycles. The first-order valence-corrected chi connectivity index (χ1v) is 13.2. The molecule has 3 aromatic carbocycles. The Morgan fingerprint density at radius 3 is 2.61 bits per heavy atom. The van der Waals surface area contributed by atoms with Crippen LogP contribution < -0.4 is 20.1 Å². The van der Waals surface area contributed by atoms with Crippen LogP contribution in [0.15, 0.2) is 89.2 Å². The molecule has 2 heterocycles. The van der Waals surface area contributed by atoms with Crippen LogP contribution in [0.25, 0.3) is 0 Å². The van der Waals surface area contributed by atoms with Crippen molar-refractivity contribution < 1.29 is 14.3 Å². The van der Waals surface area contributed by atoms with E-state index in [4.69, 9.17) is 19.6 Å². The van der Waals surface area contributed by atoms with Gasteiger partial charge in [0.05, 0.1) is 25.5 Å². The molecule has 1 atom stereocenters. The first kappa shape index (κ1) is 25.4. The maximum absolute atomic E-state index is 13.8. The molecule has 0 spiro atoms. The minimum Gasteiger partial charge on any atom is -0.497 e. The lowest BCUT2D eigenvalue weighted by Crippen LogP contribution is -2.32. The Morgan fingerprint density at radius 1 is 1.03 bits per heavy atom. The van der Waals surface area contributed by atoms with Crippen LogP contribution in [0.3, 0.4) is 0 Å². The molecule has 1 aromatic heterocycles. The molecule has 4 aromatic rings. The van der Waals surface area contributed by atoms with E-state index in [1.54, 1.807) is 18.9 Å². The minimum absolute atomic E-state index is 0.237. The highest BCUT2D eigenvalue weighted by Crippen LogP contribution is 2.38. The Kier molecular flexibility index (Phi) is 7.37. The van der Waals surface area contributed by atoms with Gasteiger partial charge in [-0.25, -0.2) is 4.68 Å². The van der Waals surface area contributed by atoms with Gasteiger partial charge in [-0.05, 0) is 54.8 Å². The van der Waals surface area contributed by atoms with Crippen molar-refractivity contribution in [1.82, 2.24) is 14.8 Å². The highest BCUT2D eigenvalue weighted by Gasteiger charge is 2.35. The summed E-state index contributed by atoms with van der Waals surface area (Å²) in [4.78, 5) is 18.5. The molecule has 5 rings (SSSR count). The Morgan fingerprint density at radius 2 is 1.82 bits per heavy atom. The maximum Gasteiger partial charge on any atom is 0.255 e. The number of fused-ring (bicyclic) bond motifs is 1. The summed E-state index contributed by atoms with van der Waals surface area (Å²) in [6, 6.07) is 22.9. The van der Waals surface area contributed by atoms with Crippen molar-refractivity contribution in [3.8, 4) is 11.5 Å². The Labute approximate surface area is 226 Å². The lowest BCUT2D eigenvalue weighted by atomic mass is 9.92. The highest BCUT2D eigenvalue weighted by atomic mass is 32.2. The van der Waals surface area contributed by atoms with Gasteiger partial charge in [-0.3, -0.25) is 4.79 Å². The van der Waals surface area contributed by atoms with E-state index in [-0.39, 0.29) is 5.91 Å². The highest BCUT2D eigenvalue weighted by molar-refractivity contribution is 7.98. The number of methoxy groups -OCH3 is 2. The summed E-state index contributed by atoms with van der Waals surface area (Å²) in [5.74, 6) is 2.45. The van der Waals surface area contributed by atoms with E-state index >= 15 is 0 Å². The largest absolute Gasteiger partial charge is 0.497 e. The van der Waals surface area contributed by atoms with Crippen LogP contribution in [0.2, 0.25) is 0 Å². The molecular weight excluding hydrogens is 498 g/mol. The molecule has 1 aliphatic heterocycles. The summed E-state index contributed by atoms with van der Waals surface area (Å²) in [5.41, 5.74) is 5.03. The van der Waals surface area contributed by atoms with E-state index in [2.05, 4.69) is 10.6 Å². The SMILES string of the molecule is COc1cccc(CSc2nc3n(n2)[C@@H](c2ccccc2C)C(C(=O)Nc2ccccc2OC)=C(C)N3)c1. The second-order valence-corrected chi connectivity index (χ2v) is 9.82. The van der Waals surface area contributed by atoms with E-state index in [9.17, 15) is 4.79 Å². The second-order valence-electron chi connectivity index (χ2n) is 8.88. The van der Waals surface area contributed by atoms with Gasteiger partial charge in [0.15, 0.2) is 0 Å². The van der Waals surface area contributed by atoms with Crippen LogP contribution in [0.5, 0.6) is 11.5 Å². The van der Waals surface area contributed by atoms with Crippen molar-refractivity contribution in [2.75, 3.05) is 24.9 Å². The van der Waals surface area contributed by atoms with Gasteiger partial charge in [0.25, 0.3) is 5.91 Å². The molecule has 0 fully saturated rings. The van der Waals surface area contributed by atoms with Gasteiger partial charge in [-0.15, -0.1) is 5.10 Å². The monoisotopic (exact) mass is 527 g/mol. The average molecular weight is 528 g/mol. The molecule has 2 N–H and O–H groups in total. The summed E-state index contributed by atoms with van der Waals surface area (Å²) < 4.78 is 12.6. The van der Waals surface area contributed by atoms with Gasteiger partial charge in [-0.2, -0.15) is 4.98 Å². The lowest BCUT2D eigenvalue weighted by molar-refractivity contribution is -0.113. The third kappa shape index (κ3) is 5.10. The third-order valence-corrected chi connectivity index (χ3v) is 7.33. The van der Waals surface area contributed by atoms with Crippen LogP contribution in [-0.2, 0) is 10.5 Å². The number of hydrogen-bond donors (Lipinski definition) is 2. The Bertz CT molecular complexity index is 1510. The van der Waals surface area contributed by atoms with E-state index in [0.29, 0.717) is 33.9 Å². The number of thioether (sulfide) groups is 1. The molecule has 194 valence electrons. The Balaban J connectivity index is 1.49. The standard InChI is InChI=1S/C29H29N5O3S/c1-18-10-5-6-13-22(18)26-25(27(35)31-23-14-7-8-15-24(23)37-4)19(2)30-28-32-29(33-34(26)28)38-17-20-11-9-12-21(16-20)36-3/h5-16,26H,17H2,1-4H3,(H,31,35)(H,30,32,33)/t26-/m0/s1. The number of para-hydroxylation sites is 2. The molecule has 8 nitrogen and oxygen atoms in total. The fraction of sp³-hybridized carbons (Fsp3) is 0.207. The number of rotatable bonds is 8. The van der Waals surface area contributed by atoms with Crippen LogP contribution >= 0.6 is 11.8 Å². The predicted octanol–water partition coefficient (Wildman–Crippen LogP) is 5.82. The van der Waals surface area contributed by atoms with Gasteiger partial charge in [0.2, 0.25) is 11.1 Å². The number of aryl methyl sites for hydroxylation is 1. The third-order valence-electron chi connectivity index (χ3n) is 6.42. The van der Waals surface area contributed by atoms with E-state index < -0.39 is 6.04 Å². The zero-order valence-electron chi connectivity index (χ0n) is 21.7. The number of amides is 1. The van der Waals surface area contributed by atoms with E-state index in [1.807, 2.05) is 86.6 Å². The average Bonchev–Trinajstić information content (AvgIpc) is 3.34. The summed E-state index contributed by atoms with van der Waals surface area (Å²) >= 11 is 1.53. The fourth-order valence-corrected chi connectivity index (χ4v) is 5.29. The molecule has 38 heavy (non-hydrogen) atoms. The first-order valence-electron chi connectivity index (χ1n) is 12.2. The maximum atomic E-state index is 13.8. The zero-order chi connectivity index (χ0) is 26.6. The lowest BCUT2D eigenvalue weighted by Gasteiger charge is -2.29. The zero-order valence-corrected chi connectivity index (χ0v) is 22.5. The van der Waals surface area contributed by atoms with Crippen molar-refractivity contribution in [2.45, 2.75) is 30.8 Å². The number of ether oxygens (including phenoxy) is 2. The van der Waals surface area contributed by atoms with Gasteiger partial charge in [-0.1, -0.05) is 60.3 Å². The molecule has 1 amide bonds. The van der Waals surface area contributed by atoms with Gasteiger partial charge >= 0.3 is 0 Å². The van der Waals surface area contributed by atoms with Crippen LogP contribution in [0, 0.1) is 6.92 Å². The molecule has 0 bridgehead atoms. The Hall–Kier alpha value is -4.24. The number of anilines is 2. The van der Waals surface area contributed by atoms with Crippen molar-refractivity contribution in [1.29, 1.82) is 0 Å². The normalized spacial score (nSPS) is 14.5. The second kappa shape index (κ2) is 11.0. The van der Waals surface area contributed by atoms with Crippen molar-refractivity contribution in [3.63, 3.8) is 0 Å². The van der Waals surface area contributed by atoms with Gasteiger partial charge in [0, 0.05) is 11.4 Å². The van der Waals surface area contributed by atoms with Crippen LogP contribution in [0.4, 0.5) is 11.6 Å². The molecule has 0 aliphatic carbocycles. The van der Waals surface area contributed by atoms with Crippen LogP contribution in [0.1, 0.15) is 29.7 Å². The van der Waals surface area contributed by atoms with Gasteiger partial charge in [0.1, 0.15) is 17.5 Å². The van der Waals surface area contributed by atoms with Crippen molar-refractivity contribution in [2.24, 2.45) is 0 Å². The summed E-state index contributed by atoms with van der Waals surface area (Å²) in [5, 5.41) is 11.8. The van der Waals surface area contributed by atoms with Crippen LogP contribution in [-0.4, -0.2) is 34.9 Å². The van der Waals surface area contributed by atoms with Crippen molar-refractivity contribution >= 4 is 29.3 Å². The molecule has 0 unspecified atom stereocenters. The molecular formula is C29H29N5O3S. The predicted molar refractivity (Wildman–Crippen MR) is 150 cm³/mol. The smallest absolute Gasteiger partial charge is 0.255 e. The number of carbonyl (C=O) groups is 1. The molecule has 1 aliphatic rings. The summed E-state index contributed by atoms with van der Waals surface area (Å²) in [6.07, 6.45) is 0. The number of allylic oxidation sites excluding steroid dienone is 1. The first-order chi connectivity index (χ1) is 18.5. The number of aromatic nitrogens is 3. The molecule has 0 saturated carbocycles. The number of benzene rings is 3. The number of carbonyl (C=O) groups excluding carboxylic acids is 1. The minimum atomic E-state index is -0.458. The number of nitrogens with one attached hydrogen (secondary N) is 2. The van der Waals surface area contributed by atoms with Crippen molar-refractivity contribution in [3.05, 3.63) is 101 Å². The molecule has 0 radical (unpaired) electrons. The fourth-order valence-electron chi connectivity index (χ4n) is 4.52. The van der Waals surface area contributed by atoms with E-state index in [0.717, 1.165) is 28.1 Å². The van der Waals surface area contributed by atoms with Gasteiger partial charge < -0.3 is 20.1 Å². The summed E-state index contributed by atoms with van der Waals surface area (Å²) in [6.45, 7) is 3.93. The van der Waals surface area contributed by atoms with E-state index in [1.165, 1.54) is 11.8 Å². The quantitative estimate of drug-likeness (QED) is 0.279. The number of nitrogens with zero attached hydrogens (tertiary/aromatic N) is 3. The number of hydrogen-bond acceptors (Lipinski definition) is 7.